The lowest BCUT2D eigenvalue weighted by Gasteiger charge is -2.19. The predicted molar refractivity (Wildman–Crippen MR) is 160 cm³/mol. The zero-order valence-corrected chi connectivity index (χ0v) is 24.8. The Morgan fingerprint density at radius 3 is 2.51 bits per heavy atom. The summed E-state index contributed by atoms with van der Waals surface area (Å²) in [6, 6.07) is 17.2. The number of nitrogens with one attached hydrogen (secondary N) is 2. The number of aliphatic hydroxyl groups is 1. The number of benzene rings is 3. The van der Waals surface area contributed by atoms with Crippen LogP contribution in [-0.4, -0.2) is 30.3 Å². The molecule has 0 aromatic heterocycles. The second kappa shape index (κ2) is 12.6. The summed E-state index contributed by atoms with van der Waals surface area (Å²) in [7, 11) is 0. The Kier molecular flexibility index (Phi) is 8.92. The van der Waals surface area contributed by atoms with E-state index >= 15 is 0 Å². The van der Waals surface area contributed by atoms with Crippen LogP contribution in [0.3, 0.4) is 0 Å². The lowest BCUT2D eigenvalue weighted by atomic mass is 9.90. The topological polar surface area (TPSA) is 96.7 Å². The number of hydrogen-bond acceptors (Lipinski definition) is 8. The maximum Gasteiger partial charge on any atom is 0.159 e. The number of ether oxygens (including phenoxy) is 3. The van der Waals surface area contributed by atoms with Crippen molar-refractivity contribution in [3.63, 3.8) is 0 Å². The SMILES string of the molecule is Cc1cc(OCCCOC(C)(C)O)cc(C)c1-c1cccc(COc2ccc3c(c2)CCC3CC2N=NNN2)c1C. The summed E-state index contributed by atoms with van der Waals surface area (Å²) in [5.74, 6) is 1.14. The molecule has 0 fully saturated rings. The Labute approximate surface area is 243 Å². The molecule has 2 atom stereocenters. The van der Waals surface area contributed by atoms with Gasteiger partial charge >= 0.3 is 0 Å². The molecule has 3 N–H and O–H groups in total. The molecule has 0 saturated heterocycles. The fourth-order valence-corrected chi connectivity index (χ4v) is 5.90. The first kappa shape index (κ1) is 29.0. The smallest absolute Gasteiger partial charge is 0.159 e. The van der Waals surface area contributed by atoms with Gasteiger partial charge in [0.25, 0.3) is 0 Å². The Bertz CT molecular complexity index is 1380. The van der Waals surface area contributed by atoms with Gasteiger partial charge in [-0.3, -0.25) is 0 Å². The summed E-state index contributed by atoms with van der Waals surface area (Å²) in [5, 5.41) is 17.7. The molecule has 0 saturated carbocycles. The summed E-state index contributed by atoms with van der Waals surface area (Å²) < 4.78 is 17.7. The summed E-state index contributed by atoms with van der Waals surface area (Å²) in [6.45, 7) is 11.2. The van der Waals surface area contributed by atoms with E-state index in [2.05, 4.69) is 90.6 Å². The van der Waals surface area contributed by atoms with Gasteiger partial charge in [-0.25, -0.2) is 5.53 Å². The molecule has 2 aliphatic rings. The molecule has 0 radical (unpaired) electrons. The molecule has 41 heavy (non-hydrogen) atoms. The first-order valence-electron chi connectivity index (χ1n) is 14.5. The van der Waals surface area contributed by atoms with Gasteiger partial charge < -0.3 is 19.3 Å². The first-order chi connectivity index (χ1) is 19.7. The van der Waals surface area contributed by atoms with Crippen LogP contribution in [0.4, 0.5) is 0 Å². The highest BCUT2D eigenvalue weighted by Gasteiger charge is 2.27. The van der Waals surface area contributed by atoms with E-state index in [1.165, 1.54) is 44.5 Å². The van der Waals surface area contributed by atoms with Gasteiger partial charge in [0.05, 0.1) is 13.2 Å². The molecule has 1 heterocycles. The maximum absolute atomic E-state index is 9.68. The summed E-state index contributed by atoms with van der Waals surface area (Å²) in [5.41, 5.74) is 15.8. The first-order valence-corrected chi connectivity index (χ1v) is 14.5. The average Bonchev–Trinajstić information content (AvgIpc) is 3.58. The molecule has 0 bridgehead atoms. The molecule has 218 valence electrons. The van der Waals surface area contributed by atoms with Gasteiger partial charge in [-0.2, -0.15) is 5.43 Å². The molecule has 2 unspecified atom stereocenters. The molecule has 8 nitrogen and oxygen atoms in total. The van der Waals surface area contributed by atoms with Gasteiger partial charge in [-0.15, -0.1) is 5.11 Å². The van der Waals surface area contributed by atoms with Crippen LogP contribution in [0.5, 0.6) is 11.5 Å². The molecule has 1 aliphatic carbocycles. The van der Waals surface area contributed by atoms with Crippen molar-refractivity contribution < 1.29 is 19.3 Å². The number of rotatable bonds is 12. The van der Waals surface area contributed by atoms with Crippen LogP contribution < -0.4 is 20.4 Å². The molecule has 5 rings (SSSR count). The fraction of sp³-hybridized carbons (Fsp3) is 0.455. The van der Waals surface area contributed by atoms with Crippen molar-refractivity contribution in [3.8, 4) is 22.6 Å². The van der Waals surface area contributed by atoms with Crippen LogP contribution in [0.25, 0.3) is 11.1 Å². The van der Waals surface area contributed by atoms with Crippen molar-refractivity contribution >= 4 is 0 Å². The quantitative estimate of drug-likeness (QED) is 0.171. The van der Waals surface area contributed by atoms with Crippen molar-refractivity contribution in [2.24, 2.45) is 10.3 Å². The highest BCUT2D eigenvalue weighted by molar-refractivity contribution is 5.75. The van der Waals surface area contributed by atoms with E-state index in [1.807, 2.05) is 0 Å². The third-order valence-corrected chi connectivity index (χ3v) is 7.93. The standard InChI is InChI=1S/C33H42N4O4/c1-21-16-28(39-14-7-15-41-33(4,5)38)17-22(2)32(21)29-9-6-8-26(23(29)3)20-40-27-12-13-30-24(18-27)10-11-25(30)19-31-34-36-37-35-31/h6,8-9,12-13,16-18,25,31,38H,7,10-11,14-15,19-20H2,1-5H3,(H,34,37)(H,35,36). The monoisotopic (exact) mass is 558 g/mol. The maximum atomic E-state index is 9.68. The molecule has 3 aromatic rings. The van der Waals surface area contributed by atoms with E-state index in [0.29, 0.717) is 32.2 Å². The largest absolute Gasteiger partial charge is 0.493 e. The van der Waals surface area contributed by atoms with Gasteiger partial charge in [0, 0.05) is 6.42 Å². The zero-order chi connectivity index (χ0) is 29.0. The summed E-state index contributed by atoms with van der Waals surface area (Å²) in [6.07, 6.45) is 3.89. The van der Waals surface area contributed by atoms with Gasteiger partial charge in [-0.1, -0.05) is 29.5 Å². The van der Waals surface area contributed by atoms with Crippen LogP contribution in [0.15, 0.2) is 58.9 Å². The van der Waals surface area contributed by atoms with Crippen LogP contribution in [0, 0.1) is 20.8 Å². The highest BCUT2D eigenvalue weighted by atomic mass is 16.6. The molecular weight excluding hydrogens is 516 g/mol. The number of hydrazine groups is 1. The van der Waals surface area contributed by atoms with Crippen LogP contribution in [0.2, 0.25) is 0 Å². The Hall–Kier alpha value is -3.46. The zero-order valence-electron chi connectivity index (χ0n) is 24.8. The van der Waals surface area contributed by atoms with E-state index in [1.54, 1.807) is 13.8 Å². The van der Waals surface area contributed by atoms with Crippen LogP contribution in [0.1, 0.15) is 72.4 Å². The number of aryl methyl sites for hydroxylation is 3. The molecule has 1 aliphatic heterocycles. The Morgan fingerprint density at radius 1 is 0.976 bits per heavy atom. The van der Waals surface area contributed by atoms with Crippen molar-refractivity contribution in [2.45, 2.75) is 84.8 Å². The lowest BCUT2D eigenvalue weighted by Crippen LogP contribution is -2.31. The van der Waals surface area contributed by atoms with Crippen molar-refractivity contribution in [3.05, 3.63) is 81.9 Å². The number of hydrogen-bond donors (Lipinski definition) is 3. The summed E-state index contributed by atoms with van der Waals surface area (Å²) in [4.78, 5) is 0. The fourth-order valence-electron chi connectivity index (χ4n) is 5.90. The van der Waals surface area contributed by atoms with Gasteiger partial charge in [0.15, 0.2) is 5.79 Å². The predicted octanol–water partition coefficient (Wildman–Crippen LogP) is 6.59. The number of nitrogens with zero attached hydrogens (tertiary/aromatic N) is 2. The molecule has 3 aromatic carbocycles. The Morgan fingerprint density at radius 2 is 1.78 bits per heavy atom. The molecular formula is C33H42N4O4. The lowest BCUT2D eigenvalue weighted by molar-refractivity contribution is -0.176. The van der Waals surface area contributed by atoms with Crippen molar-refractivity contribution in [1.82, 2.24) is 11.0 Å². The van der Waals surface area contributed by atoms with Gasteiger partial charge in [-0.05, 0) is 129 Å². The third-order valence-electron chi connectivity index (χ3n) is 7.93. The molecule has 8 heteroatoms. The van der Waals surface area contributed by atoms with Crippen molar-refractivity contribution in [1.29, 1.82) is 0 Å². The minimum absolute atomic E-state index is 0.0402. The molecule has 0 amide bonds. The van der Waals surface area contributed by atoms with E-state index in [0.717, 1.165) is 30.8 Å². The van der Waals surface area contributed by atoms with E-state index in [-0.39, 0.29) is 6.17 Å². The second-order valence-electron chi connectivity index (χ2n) is 11.6. The minimum Gasteiger partial charge on any atom is -0.493 e. The van der Waals surface area contributed by atoms with Crippen LogP contribution >= 0.6 is 0 Å². The highest BCUT2D eigenvalue weighted by Crippen LogP contribution is 2.39. The van der Waals surface area contributed by atoms with Crippen molar-refractivity contribution in [2.75, 3.05) is 13.2 Å². The second-order valence-corrected chi connectivity index (χ2v) is 11.6. The third kappa shape index (κ3) is 7.25. The van der Waals surface area contributed by atoms with E-state index in [4.69, 9.17) is 14.2 Å². The van der Waals surface area contributed by atoms with Gasteiger partial charge in [0.1, 0.15) is 24.3 Å². The van der Waals surface area contributed by atoms with E-state index in [9.17, 15) is 5.11 Å². The average molecular weight is 559 g/mol. The van der Waals surface area contributed by atoms with Gasteiger partial charge in [0.2, 0.25) is 0 Å². The summed E-state index contributed by atoms with van der Waals surface area (Å²) >= 11 is 0. The normalized spacial score (nSPS) is 17.9. The van der Waals surface area contributed by atoms with Crippen LogP contribution in [-0.2, 0) is 17.8 Å². The minimum atomic E-state index is -1.12. The molecule has 0 spiro atoms. The van der Waals surface area contributed by atoms with E-state index < -0.39 is 5.79 Å². The number of fused-ring (bicyclic) bond motifs is 1. The Balaban J connectivity index is 1.22.